The summed E-state index contributed by atoms with van der Waals surface area (Å²) in [5, 5.41) is 10.6. The van der Waals surface area contributed by atoms with E-state index in [9.17, 15) is 14.7 Å². The van der Waals surface area contributed by atoms with Crippen molar-refractivity contribution in [2.45, 2.75) is 11.9 Å². The van der Waals surface area contributed by atoms with E-state index in [0.29, 0.717) is 5.56 Å². The van der Waals surface area contributed by atoms with Crippen molar-refractivity contribution in [1.82, 2.24) is 4.90 Å². The summed E-state index contributed by atoms with van der Waals surface area (Å²) >= 11 is 0. The lowest BCUT2D eigenvalue weighted by molar-refractivity contribution is -0.142. The number of amides is 1. The number of methoxy groups -OCH3 is 2. The van der Waals surface area contributed by atoms with Crippen LogP contribution in [0.5, 0.6) is 0 Å². The smallest absolute Gasteiger partial charge is 0.340 e. The molecule has 2 aromatic rings. The Morgan fingerprint density at radius 1 is 1.07 bits per heavy atom. The van der Waals surface area contributed by atoms with E-state index in [1.54, 1.807) is 0 Å². The standard InChI is InChI=1S/C21H20N2O5/c1-27-19(26)16-17(24)18(25)23-20(28-2)22(15-11-7-4-8-12-15)13-21(16,23)14-9-5-3-6-10-14/h3-12,20,24H,13H2,1-2H3/t20-,21-/m0/s1. The average Bonchev–Trinajstić information content (AvgIpc) is 3.20. The van der Waals surface area contributed by atoms with Gasteiger partial charge in [0, 0.05) is 12.8 Å². The largest absolute Gasteiger partial charge is 0.503 e. The van der Waals surface area contributed by atoms with E-state index >= 15 is 0 Å². The van der Waals surface area contributed by atoms with Crippen molar-refractivity contribution in [1.29, 1.82) is 0 Å². The molecule has 0 unspecified atom stereocenters. The molecule has 0 radical (unpaired) electrons. The van der Waals surface area contributed by atoms with Gasteiger partial charge in [0.05, 0.1) is 13.7 Å². The van der Waals surface area contributed by atoms with Gasteiger partial charge in [-0.05, 0) is 17.7 Å². The number of anilines is 1. The van der Waals surface area contributed by atoms with E-state index in [1.807, 2.05) is 65.6 Å². The molecule has 0 bridgehead atoms. The van der Waals surface area contributed by atoms with Crippen molar-refractivity contribution in [2.75, 3.05) is 25.7 Å². The van der Waals surface area contributed by atoms with Crippen molar-refractivity contribution in [3.63, 3.8) is 0 Å². The number of esters is 1. The minimum absolute atomic E-state index is 0.0771. The summed E-state index contributed by atoms with van der Waals surface area (Å²) in [4.78, 5) is 29.0. The van der Waals surface area contributed by atoms with Crippen LogP contribution >= 0.6 is 0 Å². The van der Waals surface area contributed by atoms with Crippen molar-refractivity contribution in [3.05, 3.63) is 77.6 Å². The topological polar surface area (TPSA) is 79.3 Å². The molecule has 144 valence electrons. The maximum Gasteiger partial charge on any atom is 0.340 e. The summed E-state index contributed by atoms with van der Waals surface area (Å²) in [5.41, 5.74) is 0.210. The molecule has 1 N–H and O–H groups in total. The highest BCUT2D eigenvalue weighted by Crippen LogP contribution is 2.51. The first kappa shape index (κ1) is 18.1. The lowest BCUT2D eigenvalue weighted by Gasteiger charge is -2.34. The molecule has 7 nitrogen and oxygen atoms in total. The maximum atomic E-state index is 13.0. The molecule has 1 saturated heterocycles. The SMILES string of the molecule is COC(=O)C1=C(O)C(=O)N2[C@@H](OC)N(c3ccccc3)C[C@]12c1ccccc1. The van der Waals surface area contributed by atoms with Gasteiger partial charge in [-0.3, -0.25) is 9.69 Å². The monoisotopic (exact) mass is 380 g/mol. The Kier molecular flexibility index (Phi) is 4.31. The second-order valence-corrected chi connectivity index (χ2v) is 6.64. The first-order valence-electron chi connectivity index (χ1n) is 8.82. The maximum absolute atomic E-state index is 13.0. The summed E-state index contributed by atoms with van der Waals surface area (Å²) in [6.45, 7) is 0.222. The summed E-state index contributed by atoms with van der Waals surface area (Å²) in [7, 11) is 2.72. The van der Waals surface area contributed by atoms with Crippen molar-refractivity contribution < 1.29 is 24.2 Å². The summed E-state index contributed by atoms with van der Waals surface area (Å²) in [6.07, 6.45) is -0.806. The van der Waals surface area contributed by atoms with E-state index < -0.39 is 29.5 Å². The lowest BCUT2D eigenvalue weighted by atomic mass is 9.83. The van der Waals surface area contributed by atoms with Gasteiger partial charge in [-0.15, -0.1) is 0 Å². The number of fused-ring (bicyclic) bond motifs is 1. The Labute approximate surface area is 162 Å². The van der Waals surface area contributed by atoms with Crippen LogP contribution < -0.4 is 4.90 Å². The fourth-order valence-electron chi connectivity index (χ4n) is 4.15. The van der Waals surface area contributed by atoms with Gasteiger partial charge in [0.1, 0.15) is 11.1 Å². The van der Waals surface area contributed by atoms with Gasteiger partial charge in [-0.1, -0.05) is 48.5 Å². The second-order valence-electron chi connectivity index (χ2n) is 6.64. The molecule has 2 aromatic carbocycles. The van der Waals surface area contributed by atoms with Crippen LogP contribution in [0.1, 0.15) is 5.56 Å². The Bertz CT molecular complexity index is 944. The highest BCUT2D eigenvalue weighted by Gasteiger charge is 2.64. The number of benzene rings is 2. The number of carbonyl (C=O) groups is 2. The van der Waals surface area contributed by atoms with E-state index in [0.717, 1.165) is 5.69 Å². The number of nitrogens with zero attached hydrogens (tertiary/aromatic N) is 2. The van der Waals surface area contributed by atoms with Crippen LogP contribution in [0.2, 0.25) is 0 Å². The number of aliphatic hydroxyl groups excluding tert-OH is 1. The average molecular weight is 380 g/mol. The van der Waals surface area contributed by atoms with Crippen LogP contribution in [0.4, 0.5) is 5.69 Å². The third-order valence-corrected chi connectivity index (χ3v) is 5.31. The van der Waals surface area contributed by atoms with Crippen LogP contribution in [-0.2, 0) is 24.6 Å². The zero-order chi connectivity index (χ0) is 19.9. The van der Waals surface area contributed by atoms with Gasteiger partial charge in [0.15, 0.2) is 5.76 Å². The summed E-state index contributed by atoms with van der Waals surface area (Å²) in [5.74, 6) is -2.03. The molecule has 2 aliphatic heterocycles. The highest BCUT2D eigenvalue weighted by atomic mass is 16.5. The van der Waals surface area contributed by atoms with E-state index in [2.05, 4.69) is 0 Å². The minimum Gasteiger partial charge on any atom is -0.503 e. The number of para-hydroxylation sites is 1. The highest BCUT2D eigenvalue weighted by molar-refractivity contribution is 6.08. The first-order valence-corrected chi connectivity index (χ1v) is 8.82. The van der Waals surface area contributed by atoms with Gasteiger partial charge < -0.3 is 19.5 Å². The third-order valence-electron chi connectivity index (χ3n) is 5.31. The Hall–Kier alpha value is -3.32. The lowest BCUT2D eigenvalue weighted by Crippen LogP contribution is -2.48. The van der Waals surface area contributed by atoms with Crippen LogP contribution in [-0.4, -0.2) is 49.0 Å². The van der Waals surface area contributed by atoms with E-state index in [4.69, 9.17) is 9.47 Å². The normalized spacial score (nSPS) is 23.9. The van der Waals surface area contributed by atoms with Gasteiger partial charge >= 0.3 is 5.97 Å². The Morgan fingerprint density at radius 2 is 1.68 bits per heavy atom. The molecular weight excluding hydrogens is 360 g/mol. The second kappa shape index (κ2) is 6.69. The number of carbonyl (C=O) groups excluding carboxylic acids is 2. The van der Waals surface area contributed by atoms with Crippen LogP contribution in [0.15, 0.2) is 72.0 Å². The van der Waals surface area contributed by atoms with E-state index in [-0.39, 0.29) is 12.1 Å². The van der Waals surface area contributed by atoms with Gasteiger partial charge in [-0.25, -0.2) is 4.79 Å². The van der Waals surface area contributed by atoms with Crippen LogP contribution in [0.25, 0.3) is 0 Å². The molecule has 1 amide bonds. The van der Waals surface area contributed by atoms with Gasteiger partial charge in [-0.2, -0.15) is 0 Å². The number of hydrogen-bond acceptors (Lipinski definition) is 6. The molecule has 1 fully saturated rings. The fourth-order valence-corrected chi connectivity index (χ4v) is 4.15. The predicted molar refractivity (Wildman–Crippen MR) is 101 cm³/mol. The molecule has 28 heavy (non-hydrogen) atoms. The quantitative estimate of drug-likeness (QED) is 0.819. The van der Waals surface area contributed by atoms with Crippen LogP contribution in [0.3, 0.4) is 0 Å². The number of hydrogen-bond donors (Lipinski definition) is 1. The molecular formula is C21H20N2O5. The number of aliphatic hydroxyl groups is 1. The molecule has 2 aliphatic rings. The third kappa shape index (κ3) is 2.33. The van der Waals surface area contributed by atoms with E-state index in [1.165, 1.54) is 19.1 Å². The molecule has 0 aliphatic carbocycles. The minimum atomic E-state index is -1.23. The van der Waals surface area contributed by atoms with Gasteiger partial charge in [0.2, 0.25) is 6.35 Å². The molecule has 2 heterocycles. The first-order chi connectivity index (χ1) is 13.6. The molecule has 0 spiro atoms. The van der Waals surface area contributed by atoms with Gasteiger partial charge in [0.25, 0.3) is 5.91 Å². The zero-order valence-electron chi connectivity index (χ0n) is 15.5. The fraction of sp³-hybridized carbons (Fsp3) is 0.238. The molecule has 0 saturated carbocycles. The van der Waals surface area contributed by atoms with Crippen molar-refractivity contribution in [2.24, 2.45) is 0 Å². The molecule has 2 atom stereocenters. The summed E-state index contributed by atoms with van der Waals surface area (Å²) < 4.78 is 10.6. The summed E-state index contributed by atoms with van der Waals surface area (Å²) in [6, 6.07) is 18.6. The Balaban J connectivity index is 1.96. The molecule has 7 heteroatoms. The number of rotatable bonds is 4. The molecule has 0 aromatic heterocycles. The zero-order valence-corrected chi connectivity index (χ0v) is 15.5. The Morgan fingerprint density at radius 3 is 2.25 bits per heavy atom. The number of ether oxygens (including phenoxy) is 2. The van der Waals surface area contributed by atoms with Crippen LogP contribution in [0, 0.1) is 0 Å². The van der Waals surface area contributed by atoms with Crippen molar-refractivity contribution in [3.8, 4) is 0 Å². The van der Waals surface area contributed by atoms with Crippen molar-refractivity contribution >= 4 is 17.6 Å². The predicted octanol–water partition coefficient (Wildman–Crippen LogP) is 2.16. The molecule has 4 rings (SSSR count).